The van der Waals surface area contributed by atoms with E-state index in [2.05, 4.69) is 0 Å². The number of hydrogen-bond donors (Lipinski definition) is 0. The first-order valence-corrected chi connectivity index (χ1v) is 4.95. The fraction of sp³-hybridized carbons (Fsp3) is 0.125. The second kappa shape index (κ2) is 4.25. The van der Waals surface area contributed by atoms with Crippen LogP contribution in [0.1, 0.15) is 15.9 Å². The first kappa shape index (κ1) is 12.7. The predicted molar refractivity (Wildman–Crippen MR) is 54.3 cm³/mol. The Morgan fingerprint density at radius 1 is 1.33 bits per heavy atom. The smallest absolute Gasteiger partial charge is 0.276 e. The van der Waals surface area contributed by atoms with Gasteiger partial charge in [0.1, 0.15) is 5.82 Å². The van der Waals surface area contributed by atoms with Gasteiger partial charge in [-0.1, -0.05) is 0 Å². The minimum Gasteiger partial charge on any atom is -0.276 e. The Balaban J connectivity index is 3.45. The van der Waals surface area contributed by atoms with Crippen molar-refractivity contribution < 1.29 is 22.4 Å². The van der Waals surface area contributed by atoms with Crippen LogP contribution in [0, 0.1) is 9.39 Å². The topological polar surface area (TPSA) is 17.1 Å². The summed E-state index contributed by atoms with van der Waals surface area (Å²) >= 11 is 6.20. The quantitative estimate of drug-likeness (QED) is 0.426. The summed E-state index contributed by atoms with van der Waals surface area (Å²) in [6.45, 7) is 0. The fourth-order valence-electron chi connectivity index (χ4n) is 0.909. The van der Waals surface area contributed by atoms with Gasteiger partial charge in [0.15, 0.2) is 0 Å². The molecule has 1 nitrogen and oxygen atoms in total. The molecule has 0 unspecified atom stereocenters. The Labute approximate surface area is 101 Å². The molecular weight excluding hydrogens is 350 g/mol. The van der Waals surface area contributed by atoms with Crippen LogP contribution in [-0.4, -0.2) is 5.24 Å². The van der Waals surface area contributed by atoms with E-state index in [4.69, 9.17) is 11.6 Å². The second-order valence-corrected chi connectivity index (χ2v) is 4.01. The number of benzene rings is 1. The molecule has 0 saturated carbocycles. The zero-order chi connectivity index (χ0) is 11.8. The molecule has 15 heavy (non-hydrogen) atoms. The highest BCUT2D eigenvalue weighted by Crippen LogP contribution is 2.34. The molecule has 82 valence electrons. The molecule has 0 heterocycles. The first-order valence-electron chi connectivity index (χ1n) is 3.49. The summed E-state index contributed by atoms with van der Waals surface area (Å²) < 4.78 is 49.5. The van der Waals surface area contributed by atoms with Crippen LogP contribution in [0.2, 0.25) is 0 Å². The van der Waals surface area contributed by atoms with Gasteiger partial charge in [-0.05, 0) is 46.3 Å². The Hall–Kier alpha value is -0.370. The Kier molecular flexibility index (Phi) is 3.59. The molecule has 0 aromatic heterocycles. The monoisotopic (exact) mass is 352 g/mol. The molecule has 0 atom stereocenters. The lowest BCUT2D eigenvalue weighted by Crippen LogP contribution is -2.10. The van der Waals surface area contributed by atoms with Crippen LogP contribution in [0.25, 0.3) is 0 Å². The fourth-order valence-corrected chi connectivity index (χ4v) is 1.64. The molecule has 0 N–H and O–H groups in total. The third-order valence-corrected chi connectivity index (χ3v) is 2.88. The molecule has 0 bridgehead atoms. The molecule has 1 rings (SSSR count). The minimum atomic E-state index is -4.71. The van der Waals surface area contributed by atoms with Gasteiger partial charge in [-0.3, -0.25) is 4.79 Å². The molecular formula is C8H2ClF4IO. The van der Waals surface area contributed by atoms with E-state index in [1.807, 2.05) is 0 Å². The molecule has 0 aliphatic rings. The van der Waals surface area contributed by atoms with Crippen molar-refractivity contribution in [2.24, 2.45) is 0 Å². The summed E-state index contributed by atoms with van der Waals surface area (Å²) in [5.74, 6) is -1.12. The summed E-state index contributed by atoms with van der Waals surface area (Å²) in [7, 11) is 0. The van der Waals surface area contributed by atoms with Crippen molar-refractivity contribution in [3.8, 4) is 0 Å². The van der Waals surface area contributed by atoms with Crippen LogP contribution in [-0.2, 0) is 6.18 Å². The molecule has 1 aromatic rings. The van der Waals surface area contributed by atoms with E-state index in [9.17, 15) is 22.4 Å². The number of hydrogen-bond acceptors (Lipinski definition) is 1. The first-order chi connectivity index (χ1) is 6.73. The van der Waals surface area contributed by atoms with E-state index in [-0.39, 0.29) is 0 Å². The summed E-state index contributed by atoms with van der Waals surface area (Å²) in [4.78, 5) is 10.6. The van der Waals surface area contributed by atoms with E-state index >= 15 is 0 Å². The van der Waals surface area contributed by atoms with Crippen molar-refractivity contribution in [1.82, 2.24) is 0 Å². The second-order valence-electron chi connectivity index (χ2n) is 2.59. The van der Waals surface area contributed by atoms with Crippen molar-refractivity contribution in [1.29, 1.82) is 0 Å². The van der Waals surface area contributed by atoms with Crippen LogP contribution >= 0.6 is 34.2 Å². The van der Waals surface area contributed by atoms with Crippen LogP contribution in [0.3, 0.4) is 0 Å². The van der Waals surface area contributed by atoms with Gasteiger partial charge in [-0.25, -0.2) is 4.39 Å². The van der Waals surface area contributed by atoms with Gasteiger partial charge in [-0.2, -0.15) is 13.2 Å². The number of rotatable bonds is 1. The molecule has 0 aliphatic heterocycles. The average molecular weight is 352 g/mol. The van der Waals surface area contributed by atoms with E-state index < -0.39 is 31.9 Å². The molecule has 0 saturated heterocycles. The molecule has 0 aliphatic carbocycles. The number of carbonyl (C=O) groups is 1. The standard InChI is InChI=1S/C8H2ClF4IO/c9-7(15)3-1-4(8(11,12)13)6(14)5(10)2-3/h1-2H. The minimum absolute atomic E-state index is 0.512. The number of alkyl halides is 3. The van der Waals surface area contributed by atoms with Gasteiger partial charge in [-0.15, -0.1) is 0 Å². The largest absolute Gasteiger partial charge is 0.417 e. The summed E-state index contributed by atoms with van der Waals surface area (Å²) in [6.07, 6.45) is -4.71. The van der Waals surface area contributed by atoms with Crippen molar-refractivity contribution >= 4 is 39.4 Å². The molecule has 0 spiro atoms. The van der Waals surface area contributed by atoms with Gasteiger partial charge in [0, 0.05) is 5.56 Å². The summed E-state index contributed by atoms with van der Waals surface area (Å²) in [5, 5.41) is -1.13. The van der Waals surface area contributed by atoms with E-state index in [1.165, 1.54) is 22.6 Å². The SMILES string of the molecule is O=C(Cl)c1cc(F)c(I)c(C(F)(F)F)c1. The van der Waals surface area contributed by atoms with Crippen LogP contribution in [0.15, 0.2) is 12.1 Å². The Bertz CT molecular complexity index is 416. The van der Waals surface area contributed by atoms with Gasteiger partial charge in [0.05, 0.1) is 9.13 Å². The molecule has 0 amide bonds. The van der Waals surface area contributed by atoms with Crippen molar-refractivity contribution in [3.63, 3.8) is 0 Å². The third-order valence-electron chi connectivity index (χ3n) is 1.56. The normalized spacial score (nSPS) is 11.6. The highest BCUT2D eigenvalue weighted by molar-refractivity contribution is 14.1. The lowest BCUT2D eigenvalue weighted by molar-refractivity contribution is -0.138. The molecule has 0 fully saturated rings. The van der Waals surface area contributed by atoms with Crippen LogP contribution < -0.4 is 0 Å². The molecule has 7 heteroatoms. The van der Waals surface area contributed by atoms with E-state index in [1.54, 1.807) is 0 Å². The van der Waals surface area contributed by atoms with Crippen LogP contribution in [0.4, 0.5) is 17.6 Å². The predicted octanol–water partition coefficient (Wildman–Crippen LogP) is 3.83. The Morgan fingerprint density at radius 2 is 1.87 bits per heavy atom. The van der Waals surface area contributed by atoms with Gasteiger partial charge >= 0.3 is 6.18 Å². The van der Waals surface area contributed by atoms with E-state index in [0.717, 1.165) is 0 Å². The van der Waals surface area contributed by atoms with Crippen molar-refractivity contribution in [2.45, 2.75) is 6.18 Å². The maximum absolute atomic E-state index is 13.0. The third kappa shape index (κ3) is 2.81. The molecule has 0 radical (unpaired) electrons. The molecule has 1 aromatic carbocycles. The van der Waals surface area contributed by atoms with Crippen molar-refractivity contribution in [2.75, 3.05) is 0 Å². The highest BCUT2D eigenvalue weighted by Gasteiger charge is 2.35. The van der Waals surface area contributed by atoms with Gasteiger partial charge < -0.3 is 0 Å². The maximum atomic E-state index is 13.0. The number of halogens is 6. The summed E-state index contributed by atoms with van der Waals surface area (Å²) in [5.41, 5.74) is -1.71. The van der Waals surface area contributed by atoms with Gasteiger partial charge in [0.25, 0.3) is 5.24 Å². The van der Waals surface area contributed by atoms with Crippen molar-refractivity contribution in [3.05, 3.63) is 32.6 Å². The van der Waals surface area contributed by atoms with Gasteiger partial charge in [0.2, 0.25) is 0 Å². The lowest BCUT2D eigenvalue weighted by atomic mass is 10.1. The Morgan fingerprint density at radius 3 is 2.27 bits per heavy atom. The number of carbonyl (C=O) groups excluding carboxylic acids is 1. The van der Waals surface area contributed by atoms with E-state index in [0.29, 0.717) is 12.1 Å². The zero-order valence-corrected chi connectivity index (χ0v) is 9.74. The lowest BCUT2D eigenvalue weighted by Gasteiger charge is -2.10. The zero-order valence-electron chi connectivity index (χ0n) is 6.83. The van der Waals surface area contributed by atoms with Crippen LogP contribution in [0.5, 0.6) is 0 Å². The maximum Gasteiger partial charge on any atom is 0.417 e. The summed E-state index contributed by atoms with van der Waals surface area (Å²) in [6, 6.07) is 1.20. The highest BCUT2D eigenvalue weighted by atomic mass is 127. The average Bonchev–Trinajstić information content (AvgIpc) is 2.06.